The lowest BCUT2D eigenvalue weighted by Gasteiger charge is -2.12. The second-order valence-electron chi connectivity index (χ2n) is 2.42. The Hall–Kier alpha value is 0.320. The van der Waals surface area contributed by atoms with Gasteiger partial charge in [0, 0.05) is 0 Å². The smallest absolute Gasteiger partial charge is 0.324 e. The van der Waals surface area contributed by atoms with Crippen LogP contribution < -0.4 is 5.73 Å². The molecule has 0 bridgehead atoms. The molecule has 0 radical (unpaired) electrons. The molecule has 92 valence electrons. The van der Waals surface area contributed by atoms with Crippen LogP contribution in [0, 0.1) is 0 Å². The Bertz CT molecular complexity index is 268. The van der Waals surface area contributed by atoms with E-state index >= 15 is 0 Å². The summed E-state index contributed by atoms with van der Waals surface area (Å²) in [4.78, 5) is 40.5. The molecule has 0 spiro atoms. The maximum absolute atomic E-state index is 10.4. The third-order valence-corrected chi connectivity index (χ3v) is 3.11. The van der Waals surface area contributed by atoms with Crippen LogP contribution in [0.2, 0.25) is 0 Å². The molecule has 15 heavy (non-hydrogen) atoms. The fourth-order valence-corrected chi connectivity index (χ4v) is 1.75. The summed E-state index contributed by atoms with van der Waals surface area (Å²) in [6.07, 6.45) is -1.01. The van der Waals surface area contributed by atoms with Crippen molar-refractivity contribution in [2.75, 3.05) is 6.16 Å². The largest absolute Gasteiger partial charge is 0.491 e. The van der Waals surface area contributed by atoms with Gasteiger partial charge in [-0.05, 0) is 11.0 Å². The average Bonchev–Trinajstić information content (AvgIpc) is 1.98. The standard InChI is InChI=1S/C3H11NO6P2.HO2P/c4-3(12(8,9)10)1-2-11(5,6)7;1-3-2/h3H,1-2,4H2,(H2,5,6,7)(H2,8,9,10);3H/p+1. The van der Waals surface area contributed by atoms with Crippen molar-refractivity contribution in [3.63, 3.8) is 0 Å². The summed E-state index contributed by atoms with van der Waals surface area (Å²) in [5.41, 5.74) is 4.95. The minimum atomic E-state index is -4.41. The lowest BCUT2D eigenvalue weighted by Crippen LogP contribution is -2.21. The normalized spacial score (nSPS) is 14.3. The molecule has 0 heterocycles. The molecule has 0 fully saturated rings. The van der Waals surface area contributed by atoms with Gasteiger partial charge in [0.15, 0.2) is 0 Å². The van der Waals surface area contributed by atoms with Crippen LogP contribution >= 0.6 is 23.9 Å². The Labute approximate surface area is 86.9 Å². The topological polar surface area (TPSA) is 178 Å². The maximum Gasteiger partial charge on any atom is 0.491 e. The fraction of sp³-hybridized carbons (Fsp3) is 1.00. The molecular weight excluding hydrogens is 271 g/mol. The molecule has 9 nitrogen and oxygen atoms in total. The summed E-state index contributed by atoms with van der Waals surface area (Å²) in [5.74, 6) is -1.50. The summed E-state index contributed by atoms with van der Waals surface area (Å²) >= 11 is 0. The van der Waals surface area contributed by atoms with E-state index in [-0.39, 0.29) is 0 Å². The van der Waals surface area contributed by atoms with Gasteiger partial charge in [-0.25, -0.2) is 0 Å². The van der Waals surface area contributed by atoms with E-state index in [0.717, 1.165) is 0 Å². The zero-order valence-corrected chi connectivity index (χ0v) is 10.2. The van der Waals surface area contributed by atoms with E-state index in [4.69, 9.17) is 34.8 Å². The Morgan fingerprint density at radius 2 is 1.53 bits per heavy atom. The minimum Gasteiger partial charge on any atom is -0.324 e. The van der Waals surface area contributed by atoms with Crippen molar-refractivity contribution >= 4 is 23.9 Å². The Morgan fingerprint density at radius 3 is 1.73 bits per heavy atom. The first-order chi connectivity index (χ1) is 6.54. The van der Waals surface area contributed by atoms with E-state index in [1.807, 2.05) is 0 Å². The molecule has 0 amide bonds. The monoisotopic (exact) mass is 284 g/mol. The van der Waals surface area contributed by atoms with Crippen LogP contribution in [0.15, 0.2) is 0 Å². The molecule has 2 unspecified atom stereocenters. The summed E-state index contributed by atoms with van der Waals surface area (Å²) in [5, 5.41) is 0. The summed E-state index contributed by atoms with van der Waals surface area (Å²) in [6, 6.07) is 0. The van der Waals surface area contributed by atoms with Crippen molar-refractivity contribution in [1.29, 1.82) is 0 Å². The van der Waals surface area contributed by atoms with Crippen LogP contribution in [0.5, 0.6) is 0 Å². The van der Waals surface area contributed by atoms with E-state index in [1.54, 1.807) is 0 Å². The van der Waals surface area contributed by atoms with Crippen LogP contribution in [0.3, 0.4) is 0 Å². The average molecular weight is 284 g/mol. The first-order valence-electron chi connectivity index (χ1n) is 3.41. The molecule has 0 saturated carbocycles. The molecule has 0 aliphatic rings. The van der Waals surface area contributed by atoms with Gasteiger partial charge in [-0.15, -0.1) is 0 Å². The van der Waals surface area contributed by atoms with Crippen molar-refractivity contribution in [3.8, 4) is 0 Å². The molecule has 2 atom stereocenters. The van der Waals surface area contributed by atoms with Crippen molar-refractivity contribution < 1.29 is 38.2 Å². The molecule has 0 aromatic rings. The zero-order valence-electron chi connectivity index (χ0n) is 7.42. The molecule has 0 aromatic heterocycles. The quantitative estimate of drug-likeness (QED) is 0.350. The van der Waals surface area contributed by atoms with Gasteiger partial charge in [0.25, 0.3) is 0 Å². The van der Waals surface area contributed by atoms with E-state index in [1.165, 1.54) is 0 Å². The SMILES string of the molecule is NC(CCP(=O)(O)O)P(=O)(O)O.O=[PH+]O. The van der Waals surface area contributed by atoms with Gasteiger partial charge in [0.2, 0.25) is 0 Å². The highest BCUT2D eigenvalue weighted by molar-refractivity contribution is 7.53. The van der Waals surface area contributed by atoms with Crippen LogP contribution in [-0.4, -0.2) is 36.4 Å². The van der Waals surface area contributed by atoms with E-state index in [2.05, 4.69) is 0 Å². The van der Waals surface area contributed by atoms with Gasteiger partial charge in [-0.1, -0.05) is 0 Å². The first kappa shape index (κ1) is 17.7. The van der Waals surface area contributed by atoms with Crippen LogP contribution in [0.4, 0.5) is 0 Å². The fourth-order valence-electron chi connectivity index (χ4n) is 0.469. The van der Waals surface area contributed by atoms with Gasteiger partial charge < -0.3 is 25.3 Å². The van der Waals surface area contributed by atoms with Crippen molar-refractivity contribution in [2.45, 2.75) is 12.2 Å². The van der Waals surface area contributed by atoms with E-state index in [0.29, 0.717) is 0 Å². The highest BCUT2D eigenvalue weighted by Crippen LogP contribution is 2.43. The zero-order chi connectivity index (χ0) is 12.7. The third-order valence-electron chi connectivity index (χ3n) is 1.15. The molecule has 7 N–H and O–H groups in total. The Kier molecular flexibility index (Phi) is 8.94. The summed E-state index contributed by atoms with van der Waals surface area (Å²) in [7, 11) is -9.79. The Balaban J connectivity index is 0. The van der Waals surface area contributed by atoms with Gasteiger partial charge in [-0.2, -0.15) is 4.89 Å². The molecule has 12 heteroatoms. The second-order valence-corrected chi connectivity index (χ2v) is 6.23. The number of nitrogens with two attached hydrogens (primary N) is 1. The predicted octanol–water partition coefficient (Wildman–Crippen LogP) is -1.07. The molecule has 0 aromatic carbocycles. The lowest BCUT2D eigenvalue weighted by molar-refractivity contribution is 0.352. The number of rotatable bonds is 4. The predicted molar refractivity (Wildman–Crippen MR) is 52.8 cm³/mol. The summed E-state index contributed by atoms with van der Waals surface area (Å²) < 4.78 is 29.1. The van der Waals surface area contributed by atoms with Gasteiger partial charge >= 0.3 is 23.9 Å². The second kappa shape index (κ2) is 7.57. The highest BCUT2D eigenvalue weighted by atomic mass is 31.2. The number of hydrogen-bond donors (Lipinski definition) is 6. The Morgan fingerprint density at radius 1 is 1.20 bits per heavy atom. The highest BCUT2D eigenvalue weighted by Gasteiger charge is 2.27. The van der Waals surface area contributed by atoms with E-state index in [9.17, 15) is 9.13 Å². The van der Waals surface area contributed by atoms with Crippen LogP contribution in [0.25, 0.3) is 0 Å². The van der Waals surface area contributed by atoms with Gasteiger partial charge in [-0.3, -0.25) is 9.13 Å². The molecule has 0 aliphatic carbocycles. The van der Waals surface area contributed by atoms with Crippen LogP contribution in [-0.2, 0) is 13.7 Å². The third kappa shape index (κ3) is 14.3. The van der Waals surface area contributed by atoms with Crippen molar-refractivity contribution in [2.24, 2.45) is 5.73 Å². The van der Waals surface area contributed by atoms with Crippen molar-refractivity contribution in [3.05, 3.63) is 0 Å². The summed E-state index contributed by atoms with van der Waals surface area (Å²) in [6.45, 7) is 0. The van der Waals surface area contributed by atoms with Crippen LogP contribution in [0.1, 0.15) is 6.42 Å². The van der Waals surface area contributed by atoms with E-state index < -0.39 is 42.2 Å². The number of hydrogen-bond acceptors (Lipinski definition) is 4. The molecular formula is C3H13NO8P3+. The minimum absolute atomic E-state index is 0.394. The molecule has 0 rings (SSSR count). The molecule has 0 aliphatic heterocycles. The van der Waals surface area contributed by atoms with Gasteiger partial charge in [0.1, 0.15) is 5.78 Å². The maximum atomic E-state index is 10.4. The lowest BCUT2D eigenvalue weighted by atomic mass is 10.5. The molecule has 0 saturated heterocycles. The van der Waals surface area contributed by atoms with Crippen molar-refractivity contribution in [1.82, 2.24) is 0 Å². The first-order valence-corrected chi connectivity index (χ1v) is 7.74. The van der Waals surface area contributed by atoms with Gasteiger partial charge in [0.05, 0.1) is 6.16 Å².